The van der Waals surface area contributed by atoms with Gasteiger partial charge in [0.2, 0.25) is 17.7 Å². The molecule has 0 aromatic rings. The maximum atomic E-state index is 13.0. The lowest BCUT2D eigenvalue weighted by molar-refractivity contribution is -0.147. The number of carboxylic acid groups (broad SMARTS) is 2. The van der Waals surface area contributed by atoms with Crippen molar-refractivity contribution < 1.29 is 34.2 Å². The normalized spacial score (nSPS) is 15.8. The molecule has 0 aromatic carbocycles. The Balaban J connectivity index is 5.57. The van der Waals surface area contributed by atoms with Crippen LogP contribution in [0, 0.1) is 17.8 Å². The average Bonchev–Trinajstić information content (AvgIpc) is 2.68. The number of carbonyl (C=O) groups is 5. The minimum atomic E-state index is -1.64. The molecule has 0 aromatic heterocycles. The molecule has 5 unspecified atom stereocenters. The van der Waals surface area contributed by atoms with Crippen molar-refractivity contribution in [1.82, 2.24) is 16.0 Å². The van der Waals surface area contributed by atoms with E-state index in [2.05, 4.69) is 16.0 Å². The van der Waals surface area contributed by atoms with Crippen LogP contribution in [0.4, 0.5) is 0 Å². The maximum Gasteiger partial charge on any atom is 0.326 e. The summed E-state index contributed by atoms with van der Waals surface area (Å²) in [5.41, 5.74) is 5.93. The van der Waals surface area contributed by atoms with Crippen LogP contribution in [0.5, 0.6) is 0 Å². The van der Waals surface area contributed by atoms with Crippen molar-refractivity contribution in [3.05, 3.63) is 0 Å². The third-order valence-electron chi connectivity index (χ3n) is 5.19. The third kappa shape index (κ3) is 11.7. The molecule has 11 nitrogen and oxygen atoms in total. The number of amides is 3. The van der Waals surface area contributed by atoms with Gasteiger partial charge in [0, 0.05) is 0 Å². The summed E-state index contributed by atoms with van der Waals surface area (Å²) < 4.78 is 0. The Morgan fingerprint density at radius 1 is 0.758 bits per heavy atom. The first-order valence-electron chi connectivity index (χ1n) is 11.3. The Kier molecular flexibility index (Phi) is 13.3. The van der Waals surface area contributed by atoms with E-state index >= 15 is 0 Å². The van der Waals surface area contributed by atoms with Gasteiger partial charge in [-0.2, -0.15) is 0 Å². The van der Waals surface area contributed by atoms with Crippen LogP contribution >= 0.6 is 0 Å². The molecule has 0 bridgehead atoms. The molecule has 33 heavy (non-hydrogen) atoms. The lowest BCUT2D eigenvalue weighted by Crippen LogP contribution is -2.59. The minimum absolute atomic E-state index is 0.0465. The van der Waals surface area contributed by atoms with Crippen molar-refractivity contribution in [2.45, 2.75) is 91.4 Å². The number of carboxylic acids is 2. The van der Waals surface area contributed by atoms with Crippen molar-refractivity contribution in [1.29, 1.82) is 0 Å². The number of carbonyl (C=O) groups excluding carboxylic acids is 3. The minimum Gasteiger partial charge on any atom is -0.481 e. The first-order valence-corrected chi connectivity index (χ1v) is 11.3. The van der Waals surface area contributed by atoms with Gasteiger partial charge >= 0.3 is 11.9 Å². The largest absolute Gasteiger partial charge is 0.481 e. The van der Waals surface area contributed by atoms with E-state index in [-0.39, 0.29) is 17.8 Å². The summed E-state index contributed by atoms with van der Waals surface area (Å²) in [5.74, 6) is -4.90. The van der Waals surface area contributed by atoms with E-state index in [1.165, 1.54) is 0 Å². The van der Waals surface area contributed by atoms with E-state index in [1.807, 2.05) is 27.7 Å². The van der Waals surface area contributed by atoms with Gasteiger partial charge in [-0.05, 0) is 30.6 Å². The highest BCUT2D eigenvalue weighted by molar-refractivity contribution is 5.94. The SMILES string of the molecule is CCC(C)C(NC(=O)C(CC(C)C)NC(=O)C(N)CC(C)C)C(=O)NC(CC(=O)O)C(=O)O. The quantitative estimate of drug-likeness (QED) is 0.198. The highest BCUT2D eigenvalue weighted by Gasteiger charge is 2.33. The van der Waals surface area contributed by atoms with E-state index in [0.717, 1.165) is 0 Å². The van der Waals surface area contributed by atoms with Crippen LogP contribution in [-0.4, -0.2) is 64.0 Å². The summed E-state index contributed by atoms with van der Waals surface area (Å²) in [4.78, 5) is 60.5. The van der Waals surface area contributed by atoms with Crippen LogP contribution in [0.3, 0.4) is 0 Å². The second-order valence-electron chi connectivity index (χ2n) is 9.30. The van der Waals surface area contributed by atoms with Gasteiger partial charge in [-0.15, -0.1) is 0 Å². The first kappa shape index (κ1) is 30.3. The highest BCUT2D eigenvalue weighted by Crippen LogP contribution is 2.12. The molecular formula is C22H40N4O7. The van der Waals surface area contributed by atoms with Crippen molar-refractivity contribution in [3.8, 4) is 0 Å². The van der Waals surface area contributed by atoms with Crippen molar-refractivity contribution in [3.63, 3.8) is 0 Å². The van der Waals surface area contributed by atoms with Crippen molar-refractivity contribution >= 4 is 29.7 Å². The zero-order chi connectivity index (χ0) is 25.9. The topological polar surface area (TPSA) is 188 Å². The molecule has 0 aliphatic rings. The van der Waals surface area contributed by atoms with Crippen LogP contribution < -0.4 is 21.7 Å². The van der Waals surface area contributed by atoms with Crippen LogP contribution in [0.15, 0.2) is 0 Å². The second kappa shape index (κ2) is 14.5. The van der Waals surface area contributed by atoms with Crippen LogP contribution in [-0.2, 0) is 24.0 Å². The molecule has 7 N–H and O–H groups in total. The fourth-order valence-corrected chi connectivity index (χ4v) is 3.19. The van der Waals surface area contributed by atoms with E-state index in [4.69, 9.17) is 10.8 Å². The van der Waals surface area contributed by atoms with Gasteiger partial charge in [-0.25, -0.2) is 4.79 Å². The molecule has 3 amide bonds. The zero-order valence-electron chi connectivity index (χ0n) is 20.4. The third-order valence-corrected chi connectivity index (χ3v) is 5.19. The van der Waals surface area contributed by atoms with Gasteiger partial charge in [-0.3, -0.25) is 19.2 Å². The number of nitrogens with two attached hydrogens (primary N) is 1. The monoisotopic (exact) mass is 472 g/mol. The second-order valence-corrected chi connectivity index (χ2v) is 9.30. The molecule has 0 aliphatic carbocycles. The molecule has 0 fully saturated rings. The first-order chi connectivity index (χ1) is 15.2. The Morgan fingerprint density at radius 3 is 1.70 bits per heavy atom. The van der Waals surface area contributed by atoms with Crippen molar-refractivity contribution in [2.75, 3.05) is 0 Å². The molecule has 0 aliphatic heterocycles. The maximum absolute atomic E-state index is 13.0. The molecule has 5 atom stereocenters. The molecule has 0 saturated heterocycles. The molecule has 0 rings (SSSR count). The van der Waals surface area contributed by atoms with Gasteiger partial charge in [0.05, 0.1) is 12.5 Å². The summed E-state index contributed by atoms with van der Waals surface area (Å²) in [5, 5.41) is 25.6. The predicted molar refractivity (Wildman–Crippen MR) is 122 cm³/mol. The van der Waals surface area contributed by atoms with Gasteiger partial charge < -0.3 is 31.9 Å². The smallest absolute Gasteiger partial charge is 0.326 e. The van der Waals surface area contributed by atoms with Gasteiger partial charge in [0.1, 0.15) is 18.1 Å². The van der Waals surface area contributed by atoms with Crippen LogP contribution in [0.1, 0.15) is 67.2 Å². The summed E-state index contributed by atoms with van der Waals surface area (Å²) in [6, 6.07) is -4.48. The molecule has 0 saturated carbocycles. The molecule has 190 valence electrons. The van der Waals surface area contributed by atoms with E-state index < -0.39 is 60.2 Å². The van der Waals surface area contributed by atoms with Gasteiger partial charge in [0.25, 0.3) is 0 Å². The standard InChI is InChI=1S/C22H40N4O7/c1-7-13(6)18(21(31)25-16(22(32)33)10-17(27)28)26-20(30)15(9-12(4)5)24-19(29)14(23)8-11(2)3/h11-16,18H,7-10,23H2,1-6H3,(H,24,29)(H,25,31)(H,26,30)(H,27,28)(H,32,33). The summed E-state index contributed by atoms with van der Waals surface area (Å²) >= 11 is 0. The Hall–Kier alpha value is -2.69. The Morgan fingerprint density at radius 2 is 1.27 bits per heavy atom. The van der Waals surface area contributed by atoms with E-state index in [9.17, 15) is 29.1 Å². The summed E-state index contributed by atoms with van der Waals surface area (Å²) in [7, 11) is 0. The summed E-state index contributed by atoms with van der Waals surface area (Å²) in [6.45, 7) is 11.1. The Bertz CT molecular complexity index is 696. The summed E-state index contributed by atoms with van der Waals surface area (Å²) in [6.07, 6.45) is 0.426. The van der Waals surface area contributed by atoms with Crippen LogP contribution in [0.25, 0.3) is 0 Å². The number of rotatable bonds is 15. The molecule has 0 heterocycles. The van der Waals surface area contributed by atoms with Crippen LogP contribution in [0.2, 0.25) is 0 Å². The van der Waals surface area contributed by atoms with E-state index in [1.54, 1.807) is 13.8 Å². The zero-order valence-corrected chi connectivity index (χ0v) is 20.4. The highest BCUT2D eigenvalue weighted by atomic mass is 16.4. The fraction of sp³-hybridized carbons (Fsp3) is 0.773. The number of hydrogen-bond acceptors (Lipinski definition) is 6. The molecule has 11 heteroatoms. The number of aliphatic carboxylic acids is 2. The Labute approximate surface area is 195 Å². The lowest BCUT2D eigenvalue weighted by atomic mass is 9.96. The van der Waals surface area contributed by atoms with E-state index in [0.29, 0.717) is 19.3 Å². The molecular weight excluding hydrogens is 432 g/mol. The molecule has 0 radical (unpaired) electrons. The number of nitrogens with one attached hydrogen (secondary N) is 3. The van der Waals surface area contributed by atoms with Gasteiger partial charge in [-0.1, -0.05) is 48.0 Å². The molecule has 0 spiro atoms. The lowest BCUT2D eigenvalue weighted by Gasteiger charge is -2.28. The fourth-order valence-electron chi connectivity index (χ4n) is 3.19. The number of hydrogen-bond donors (Lipinski definition) is 6. The van der Waals surface area contributed by atoms with Gasteiger partial charge in [0.15, 0.2) is 0 Å². The predicted octanol–water partition coefficient (Wildman–Crippen LogP) is 0.466. The van der Waals surface area contributed by atoms with Crippen molar-refractivity contribution in [2.24, 2.45) is 23.5 Å². The average molecular weight is 473 g/mol.